The summed E-state index contributed by atoms with van der Waals surface area (Å²) in [7, 11) is 0. The van der Waals surface area contributed by atoms with Crippen molar-refractivity contribution >= 4 is 28.3 Å². The number of anilines is 1. The van der Waals surface area contributed by atoms with E-state index in [0.717, 1.165) is 24.3 Å². The van der Waals surface area contributed by atoms with Gasteiger partial charge in [0.2, 0.25) is 11.0 Å². The third-order valence-corrected chi connectivity index (χ3v) is 4.79. The van der Waals surface area contributed by atoms with Crippen molar-refractivity contribution in [3.8, 4) is 0 Å². The van der Waals surface area contributed by atoms with Gasteiger partial charge in [0.05, 0.1) is 12.2 Å². The van der Waals surface area contributed by atoms with Crippen molar-refractivity contribution in [1.82, 2.24) is 15.1 Å². The van der Waals surface area contributed by atoms with E-state index in [1.54, 1.807) is 17.0 Å². The molecular weight excluding hydrogens is 316 g/mol. The van der Waals surface area contributed by atoms with Crippen LogP contribution in [0.3, 0.4) is 0 Å². The van der Waals surface area contributed by atoms with Crippen LogP contribution in [0.25, 0.3) is 0 Å². The molecule has 3 heterocycles. The van der Waals surface area contributed by atoms with Gasteiger partial charge in [0, 0.05) is 13.1 Å². The molecular formula is C15H18N4O3S. The van der Waals surface area contributed by atoms with Gasteiger partial charge in [0.15, 0.2) is 5.76 Å². The number of nitrogens with zero attached hydrogens (tertiary/aromatic N) is 3. The Morgan fingerprint density at radius 3 is 3.04 bits per heavy atom. The van der Waals surface area contributed by atoms with Gasteiger partial charge in [-0.05, 0) is 31.4 Å². The second-order valence-corrected chi connectivity index (χ2v) is 6.47. The molecule has 8 heteroatoms. The van der Waals surface area contributed by atoms with Crippen molar-refractivity contribution < 1.29 is 14.0 Å². The van der Waals surface area contributed by atoms with E-state index in [2.05, 4.69) is 15.5 Å². The van der Waals surface area contributed by atoms with E-state index < -0.39 is 0 Å². The standard InChI is InChI=1S/C15H18N4O3S/c1-2-12-17-18-15(23-12)16-13(20)10-5-3-7-19(9-10)14(21)11-6-4-8-22-11/h4,6,8,10H,2-3,5,7,9H2,1H3,(H,16,18,20)/t10-/m1/s1. The van der Waals surface area contributed by atoms with Crippen molar-refractivity contribution in [3.05, 3.63) is 29.2 Å². The van der Waals surface area contributed by atoms with Gasteiger partial charge in [0.25, 0.3) is 5.91 Å². The molecule has 23 heavy (non-hydrogen) atoms. The maximum Gasteiger partial charge on any atom is 0.289 e. The lowest BCUT2D eigenvalue weighted by Crippen LogP contribution is -2.43. The minimum atomic E-state index is -0.239. The fraction of sp³-hybridized carbons (Fsp3) is 0.467. The lowest BCUT2D eigenvalue weighted by molar-refractivity contribution is -0.121. The number of furan rings is 1. The van der Waals surface area contributed by atoms with E-state index in [4.69, 9.17) is 4.42 Å². The Balaban J connectivity index is 1.61. The first-order valence-corrected chi connectivity index (χ1v) is 8.45. The second kappa shape index (κ2) is 6.91. The lowest BCUT2D eigenvalue weighted by Gasteiger charge is -2.31. The molecule has 1 fully saturated rings. The lowest BCUT2D eigenvalue weighted by atomic mass is 9.97. The molecule has 0 aliphatic carbocycles. The third kappa shape index (κ3) is 3.58. The van der Waals surface area contributed by atoms with Gasteiger partial charge in [-0.3, -0.25) is 9.59 Å². The molecule has 0 aromatic carbocycles. The summed E-state index contributed by atoms with van der Waals surface area (Å²) in [6.07, 6.45) is 3.82. The first-order chi connectivity index (χ1) is 11.2. The van der Waals surface area contributed by atoms with Crippen molar-refractivity contribution in [3.63, 3.8) is 0 Å². The molecule has 0 spiro atoms. The Morgan fingerprint density at radius 1 is 1.48 bits per heavy atom. The molecule has 7 nitrogen and oxygen atoms in total. The highest BCUT2D eigenvalue weighted by atomic mass is 32.1. The van der Waals surface area contributed by atoms with Crippen molar-refractivity contribution in [2.45, 2.75) is 26.2 Å². The molecule has 0 unspecified atom stereocenters. The zero-order valence-corrected chi connectivity index (χ0v) is 13.6. The van der Waals surface area contributed by atoms with Gasteiger partial charge >= 0.3 is 0 Å². The molecule has 0 radical (unpaired) electrons. The molecule has 2 aromatic heterocycles. The molecule has 3 rings (SSSR count). The van der Waals surface area contributed by atoms with E-state index >= 15 is 0 Å². The quantitative estimate of drug-likeness (QED) is 0.926. The molecule has 1 aliphatic rings. The van der Waals surface area contributed by atoms with Crippen LogP contribution in [0.4, 0.5) is 5.13 Å². The fourth-order valence-electron chi connectivity index (χ4n) is 2.59. The minimum Gasteiger partial charge on any atom is -0.459 e. The van der Waals surface area contributed by atoms with Crippen LogP contribution >= 0.6 is 11.3 Å². The number of carbonyl (C=O) groups excluding carboxylic acids is 2. The summed E-state index contributed by atoms with van der Waals surface area (Å²) >= 11 is 1.38. The number of hydrogen-bond donors (Lipinski definition) is 1. The Morgan fingerprint density at radius 2 is 2.35 bits per heavy atom. The zero-order valence-electron chi connectivity index (χ0n) is 12.8. The van der Waals surface area contributed by atoms with Gasteiger partial charge in [-0.25, -0.2) is 0 Å². The van der Waals surface area contributed by atoms with Crippen molar-refractivity contribution in [2.24, 2.45) is 5.92 Å². The predicted octanol–water partition coefficient (Wildman–Crippen LogP) is 2.18. The highest BCUT2D eigenvalue weighted by Gasteiger charge is 2.30. The summed E-state index contributed by atoms with van der Waals surface area (Å²) in [4.78, 5) is 26.4. The average molecular weight is 334 g/mol. The van der Waals surface area contributed by atoms with Crippen LogP contribution in [0.2, 0.25) is 0 Å². The van der Waals surface area contributed by atoms with Gasteiger partial charge < -0.3 is 14.6 Å². The fourth-order valence-corrected chi connectivity index (χ4v) is 3.27. The highest BCUT2D eigenvalue weighted by molar-refractivity contribution is 7.15. The normalized spacial score (nSPS) is 18.0. The molecule has 2 aromatic rings. The summed E-state index contributed by atoms with van der Waals surface area (Å²) in [5.74, 6) is -0.211. The first-order valence-electron chi connectivity index (χ1n) is 7.63. The predicted molar refractivity (Wildman–Crippen MR) is 85.3 cm³/mol. The monoisotopic (exact) mass is 334 g/mol. The van der Waals surface area contributed by atoms with E-state index in [1.165, 1.54) is 17.6 Å². The summed E-state index contributed by atoms with van der Waals surface area (Å²) in [6, 6.07) is 3.32. The van der Waals surface area contributed by atoms with Crippen LogP contribution in [0.15, 0.2) is 22.8 Å². The zero-order chi connectivity index (χ0) is 16.2. The van der Waals surface area contributed by atoms with E-state index in [9.17, 15) is 9.59 Å². The number of hydrogen-bond acceptors (Lipinski definition) is 6. The van der Waals surface area contributed by atoms with E-state index in [1.807, 2.05) is 6.92 Å². The number of nitrogens with one attached hydrogen (secondary N) is 1. The van der Waals surface area contributed by atoms with Crippen LogP contribution in [0.5, 0.6) is 0 Å². The summed E-state index contributed by atoms with van der Waals surface area (Å²) in [6.45, 7) is 3.03. The Kier molecular flexibility index (Phi) is 4.71. The number of carbonyl (C=O) groups is 2. The minimum absolute atomic E-state index is 0.110. The first kappa shape index (κ1) is 15.7. The van der Waals surface area contributed by atoms with Crippen LogP contribution < -0.4 is 5.32 Å². The van der Waals surface area contributed by atoms with Gasteiger partial charge in [-0.1, -0.05) is 18.3 Å². The number of piperidine rings is 1. The number of amides is 2. The molecule has 0 saturated carbocycles. The molecule has 1 atom stereocenters. The van der Waals surface area contributed by atoms with Crippen molar-refractivity contribution in [2.75, 3.05) is 18.4 Å². The summed E-state index contributed by atoms with van der Waals surface area (Å²) in [5, 5.41) is 12.2. The van der Waals surface area contributed by atoms with Gasteiger partial charge in [-0.15, -0.1) is 10.2 Å². The SMILES string of the molecule is CCc1nnc(NC(=O)[C@@H]2CCCN(C(=O)c3ccco3)C2)s1. The van der Waals surface area contributed by atoms with E-state index in [0.29, 0.717) is 24.0 Å². The van der Waals surface area contributed by atoms with Crippen LogP contribution in [-0.4, -0.2) is 40.0 Å². The molecule has 1 aliphatic heterocycles. The topological polar surface area (TPSA) is 88.3 Å². The van der Waals surface area contributed by atoms with Crippen molar-refractivity contribution in [1.29, 1.82) is 0 Å². The van der Waals surface area contributed by atoms with Crippen LogP contribution in [0, 0.1) is 5.92 Å². The number of aromatic nitrogens is 2. The Labute approximate surface area is 137 Å². The Hall–Kier alpha value is -2.22. The smallest absolute Gasteiger partial charge is 0.289 e. The maximum absolute atomic E-state index is 12.4. The molecule has 1 saturated heterocycles. The summed E-state index contributed by atoms with van der Waals surface area (Å²) < 4.78 is 5.15. The highest BCUT2D eigenvalue weighted by Crippen LogP contribution is 2.22. The van der Waals surface area contributed by atoms with Gasteiger partial charge in [-0.2, -0.15) is 0 Å². The second-order valence-electron chi connectivity index (χ2n) is 5.41. The van der Waals surface area contributed by atoms with Gasteiger partial charge in [0.1, 0.15) is 5.01 Å². The molecule has 0 bridgehead atoms. The number of aryl methyl sites for hydroxylation is 1. The molecule has 2 amide bonds. The molecule has 1 N–H and O–H groups in total. The van der Waals surface area contributed by atoms with Crippen LogP contribution in [-0.2, 0) is 11.2 Å². The number of likely N-dealkylation sites (tertiary alicyclic amines) is 1. The van der Waals surface area contributed by atoms with Crippen LogP contribution in [0.1, 0.15) is 35.3 Å². The summed E-state index contributed by atoms with van der Waals surface area (Å²) in [5.41, 5.74) is 0. The third-order valence-electron chi connectivity index (χ3n) is 3.81. The average Bonchev–Trinajstić information content (AvgIpc) is 3.26. The largest absolute Gasteiger partial charge is 0.459 e. The maximum atomic E-state index is 12.4. The Bertz CT molecular complexity index is 683. The van der Waals surface area contributed by atoms with E-state index in [-0.39, 0.29) is 17.7 Å². The number of rotatable bonds is 4. The molecule has 122 valence electrons.